The zero-order chi connectivity index (χ0) is 13.4. The van der Waals surface area contributed by atoms with Gasteiger partial charge >= 0.3 is 0 Å². The van der Waals surface area contributed by atoms with Gasteiger partial charge in [-0.15, -0.1) is 0 Å². The number of aromatic nitrogens is 3. The van der Waals surface area contributed by atoms with E-state index in [2.05, 4.69) is 19.0 Å². The van der Waals surface area contributed by atoms with E-state index in [-0.39, 0.29) is 0 Å². The summed E-state index contributed by atoms with van der Waals surface area (Å²) >= 11 is 7.35. The maximum absolute atomic E-state index is 6.19. The summed E-state index contributed by atoms with van der Waals surface area (Å²) in [6.45, 7) is 4.27. The summed E-state index contributed by atoms with van der Waals surface area (Å²) in [5, 5.41) is 3.83. The van der Waals surface area contributed by atoms with Crippen LogP contribution in [0, 0.1) is 13.8 Å². The summed E-state index contributed by atoms with van der Waals surface area (Å²) in [5.74, 6) is 1.46. The molecule has 7 heteroatoms. The Kier molecular flexibility index (Phi) is 3.12. The van der Waals surface area contributed by atoms with Crippen molar-refractivity contribution in [3.63, 3.8) is 0 Å². The molecule has 0 amide bonds. The summed E-state index contributed by atoms with van der Waals surface area (Å²) in [6, 6.07) is 3.66. The summed E-state index contributed by atoms with van der Waals surface area (Å²) in [5.41, 5.74) is 3.27. The molecule has 1 aromatic carbocycles. The molecule has 0 saturated carbocycles. The van der Waals surface area contributed by atoms with Crippen LogP contribution in [0.15, 0.2) is 16.5 Å². The van der Waals surface area contributed by atoms with E-state index in [1.807, 2.05) is 19.9 Å². The molecule has 2 aromatic heterocycles. The topological polar surface area (TPSA) is 63.8 Å². The molecule has 0 unspecified atom stereocenters. The van der Waals surface area contributed by atoms with E-state index in [1.54, 1.807) is 6.07 Å². The Bertz CT molecular complexity index is 717. The van der Waals surface area contributed by atoms with Crippen LogP contribution in [0.25, 0.3) is 11.0 Å². The van der Waals surface area contributed by atoms with E-state index in [0.717, 1.165) is 28.2 Å². The standard InChI is InChI=1S/C12H11ClN4OS/c1-6-7(2)18-10(15-6)5-14-11-8(13)3-4-9-12(11)17-19-16-9/h3-4,14H,5H2,1-2H3. The lowest BCUT2D eigenvalue weighted by molar-refractivity contribution is 0.478. The number of hydrogen-bond donors (Lipinski definition) is 1. The number of hydrogen-bond acceptors (Lipinski definition) is 6. The van der Waals surface area contributed by atoms with Crippen molar-refractivity contribution in [1.82, 2.24) is 13.7 Å². The SMILES string of the molecule is Cc1nc(CNc2c(Cl)ccc3nsnc23)oc1C. The highest BCUT2D eigenvalue weighted by Gasteiger charge is 2.11. The molecule has 2 heterocycles. The van der Waals surface area contributed by atoms with Crippen molar-refractivity contribution in [2.24, 2.45) is 0 Å². The minimum atomic E-state index is 0.463. The highest BCUT2D eigenvalue weighted by molar-refractivity contribution is 7.00. The van der Waals surface area contributed by atoms with Gasteiger partial charge in [-0.2, -0.15) is 8.75 Å². The largest absolute Gasteiger partial charge is 0.444 e. The predicted octanol–water partition coefficient (Wildman–Crippen LogP) is 3.56. The van der Waals surface area contributed by atoms with Crippen molar-refractivity contribution in [2.75, 3.05) is 5.32 Å². The first-order valence-corrected chi connectivity index (χ1v) is 6.83. The number of nitrogens with zero attached hydrogens (tertiary/aromatic N) is 3. The van der Waals surface area contributed by atoms with Gasteiger partial charge in [0.2, 0.25) is 5.89 Å². The minimum Gasteiger partial charge on any atom is -0.444 e. The van der Waals surface area contributed by atoms with Gasteiger partial charge in [0.05, 0.1) is 34.7 Å². The lowest BCUT2D eigenvalue weighted by atomic mass is 10.2. The van der Waals surface area contributed by atoms with E-state index in [1.165, 1.54) is 11.7 Å². The second-order valence-electron chi connectivity index (χ2n) is 4.16. The molecule has 3 rings (SSSR count). The molecule has 0 saturated heterocycles. The second-order valence-corrected chi connectivity index (χ2v) is 5.09. The molecular formula is C12H11ClN4OS. The normalized spacial score (nSPS) is 11.1. The van der Waals surface area contributed by atoms with Crippen molar-refractivity contribution in [3.8, 4) is 0 Å². The first kappa shape index (κ1) is 12.4. The third-order valence-corrected chi connectivity index (χ3v) is 3.72. The Labute approximate surface area is 118 Å². The summed E-state index contributed by atoms with van der Waals surface area (Å²) in [6.07, 6.45) is 0. The van der Waals surface area contributed by atoms with Crippen LogP contribution in [0.3, 0.4) is 0 Å². The summed E-state index contributed by atoms with van der Waals surface area (Å²) < 4.78 is 14.0. The fourth-order valence-corrected chi connectivity index (χ4v) is 2.54. The minimum absolute atomic E-state index is 0.463. The molecule has 0 bridgehead atoms. The Morgan fingerprint density at radius 3 is 2.89 bits per heavy atom. The van der Waals surface area contributed by atoms with E-state index >= 15 is 0 Å². The molecular weight excluding hydrogens is 284 g/mol. The quantitative estimate of drug-likeness (QED) is 0.800. The molecule has 19 heavy (non-hydrogen) atoms. The van der Waals surface area contributed by atoms with Gasteiger partial charge < -0.3 is 9.73 Å². The smallest absolute Gasteiger partial charge is 0.213 e. The Morgan fingerprint density at radius 2 is 2.16 bits per heavy atom. The van der Waals surface area contributed by atoms with Gasteiger partial charge in [-0.1, -0.05) is 11.6 Å². The summed E-state index contributed by atoms with van der Waals surface area (Å²) in [7, 11) is 0. The van der Waals surface area contributed by atoms with Crippen molar-refractivity contribution in [1.29, 1.82) is 0 Å². The molecule has 0 radical (unpaired) electrons. The highest BCUT2D eigenvalue weighted by Crippen LogP contribution is 2.30. The first-order valence-electron chi connectivity index (χ1n) is 5.72. The molecule has 98 valence electrons. The molecule has 3 aromatic rings. The lowest BCUT2D eigenvalue weighted by Gasteiger charge is -2.06. The van der Waals surface area contributed by atoms with Crippen molar-refractivity contribution in [2.45, 2.75) is 20.4 Å². The zero-order valence-corrected chi connectivity index (χ0v) is 12.0. The number of anilines is 1. The molecule has 0 aliphatic carbocycles. The molecule has 0 fully saturated rings. The molecule has 0 spiro atoms. The van der Waals surface area contributed by atoms with E-state index in [0.29, 0.717) is 17.5 Å². The number of aryl methyl sites for hydroxylation is 2. The Morgan fingerprint density at radius 1 is 1.32 bits per heavy atom. The van der Waals surface area contributed by atoms with Crippen molar-refractivity contribution >= 4 is 40.0 Å². The maximum atomic E-state index is 6.19. The lowest BCUT2D eigenvalue weighted by Crippen LogP contribution is -2.01. The fraction of sp³-hybridized carbons (Fsp3) is 0.250. The van der Waals surface area contributed by atoms with Gasteiger partial charge in [-0.25, -0.2) is 4.98 Å². The van der Waals surface area contributed by atoms with Gasteiger partial charge in [0.1, 0.15) is 16.8 Å². The number of oxazole rings is 1. The van der Waals surface area contributed by atoms with Crippen LogP contribution in [0.2, 0.25) is 5.02 Å². The monoisotopic (exact) mass is 294 g/mol. The number of rotatable bonds is 3. The predicted molar refractivity (Wildman–Crippen MR) is 75.7 cm³/mol. The molecule has 0 atom stereocenters. The van der Waals surface area contributed by atoms with E-state index in [4.69, 9.17) is 16.0 Å². The van der Waals surface area contributed by atoms with Crippen LogP contribution >= 0.6 is 23.3 Å². The van der Waals surface area contributed by atoms with Crippen LogP contribution in [0.5, 0.6) is 0 Å². The average molecular weight is 295 g/mol. The first-order chi connectivity index (χ1) is 9.15. The third kappa shape index (κ3) is 2.29. The molecule has 1 N–H and O–H groups in total. The zero-order valence-electron chi connectivity index (χ0n) is 10.4. The van der Waals surface area contributed by atoms with Crippen LogP contribution in [-0.2, 0) is 6.54 Å². The highest BCUT2D eigenvalue weighted by atomic mass is 35.5. The summed E-state index contributed by atoms with van der Waals surface area (Å²) in [4.78, 5) is 4.32. The number of benzene rings is 1. The molecule has 0 aliphatic heterocycles. The average Bonchev–Trinajstić information content (AvgIpc) is 2.96. The van der Waals surface area contributed by atoms with Gasteiger partial charge in [0.25, 0.3) is 0 Å². The van der Waals surface area contributed by atoms with Crippen LogP contribution in [-0.4, -0.2) is 13.7 Å². The van der Waals surface area contributed by atoms with Gasteiger partial charge in [0.15, 0.2) is 0 Å². The van der Waals surface area contributed by atoms with Gasteiger partial charge in [0, 0.05) is 0 Å². The molecule has 0 aliphatic rings. The van der Waals surface area contributed by atoms with Crippen LogP contribution in [0.4, 0.5) is 5.69 Å². The Hall–Kier alpha value is -1.66. The van der Waals surface area contributed by atoms with Crippen molar-refractivity contribution in [3.05, 3.63) is 34.5 Å². The van der Waals surface area contributed by atoms with Gasteiger partial charge in [-0.05, 0) is 26.0 Å². The second kappa shape index (κ2) is 4.79. The maximum Gasteiger partial charge on any atom is 0.213 e. The third-order valence-electron chi connectivity index (χ3n) is 2.87. The van der Waals surface area contributed by atoms with Crippen molar-refractivity contribution < 1.29 is 4.42 Å². The van der Waals surface area contributed by atoms with Crippen LogP contribution in [0.1, 0.15) is 17.3 Å². The fourth-order valence-electron chi connectivity index (χ4n) is 1.77. The van der Waals surface area contributed by atoms with E-state index < -0.39 is 0 Å². The van der Waals surface area contributed by atoms with Gasteiger partial charge in [-0.3, -0.25) is 0 Å². The number of halogens is 1. The van der Waals surface area contributed by atoms with Crippen LogP contribution < -0.4 is 5.32 Å². The molecule has 5 nitrogen and oxygen atoms in total. The Balaban J connectivity index is 1.89. The number of nitrogens with one attached hydrogen (secondary N) is 1. The van der Waals surface area contributed by atoms with E-state index in [9.17, 15) is 0 Å². The number of fused-ring (bicyclic) bond motifs is 1.